The minimum Gasteiger partial charge on any atom is -0.321 e. The van der Waals surface area contributed by atoms with E-state index in [4.69, 9.17) is 0 Å². The maximum atomic E-state index is 12.4. The van der Waals surface area contributed by atoms with E-state index >= 15 is 0 Å². The summed E-state index contributed by atoms with van der Waals surface area (Å²) in [6.45, 7) is 2.86. The highest BCUT2D eigenvalue weighted by Gasteiger charge is 2.10. The largest absolute Gasteiger partial charge is 0.321 e. The van der Waals surface area contributed by atoms with Gasteiger partial charge in [0.15, 0.2) is 0 Å². The molecule has 0 fully saturated rings. The number of rotatable bonds is 6. The van der Waals surface area contributed by atoms with Crippen LogP contribution >= 0.6 is 0 Å². The average molecular weight is 364 g/mol. The summed E-state index contributed by atoms with van der Waals surface area (Å²) in [7, 11) is 0. The molecule has 7 nitrogen and oxygen atoms in total. The Morgan fingerprint density at radius 3 is 2.48 bits per heavy atom. The van der Waals surface area contributed by atoms with Crippen molar-refractivity contribution < 1.29 is 4.79 Å². The number of carbonyl (C=O) groups is 1. The number of aryl methyl sites for hydroxylation is 1. The third kappa shape index (κ3) is 4.58. The molecule has 1 amide bonds. The predicted octanol–water partition coefficient (Wildman–Crippen LogP) is 2.12. The third-order valence-electron chi connectivity index (χ3n) is 4.00. The Hall–Kier alpha value is -3.48. The summed E-state index contributed by atoms with van der Waals surface area (Å²) in [5.41, 5.74) is 1.44. The molecular weight excluding hydrogens is 344 g/mol. The van der Waals surface area contributed by atoms with Crippen LogP contribution in [0.15, 0.2) is 70.4 Å². The van der Waals surface area contributed by atoms with Crippen molar-refractivity contribution in [3.63, 3.8) is 0 Å². The number of carbonyl (C=O) groups excluding carboxylic acids is 1. The molecule has 2 heterocycles. The first kappa shape index (κ1) is 18.3. The number of hydrogen-bond acceptors (Lipinski definition) is 4. The van der Waals surface area contributed by atoms with Crippen LogP contribution in [0.2, 0.25) is 0 Å². The molecule has 0 atom stereocenters. The van der Waals surface area contributed by atoms with Gasteiger partial charge in [-0.05, 0) is 36.2 Å². The van der Waals surface area contributed by atoms with Crippen molar-refractivity contribution in [3.05, 3.63) is 92.8 Å². The molecule has 0 bridgehead atoms. The molecule has 1 N–H and O–H groups in total. The fourth-order valence-corrected chi connectivity index (χ4v) is 2.62. The molecule has 138 valence electrons. The first-order valence-corrected chi connectivity index (χ1v) is 8.71. The van der Waals surface area contributed by atoms with E-state index in [-0.39, 0.29) is 22.7 Å². The fraction of sp³-hybridized carbons (Fsp3) is 0.200. The van der Waals surface area contributed by atoms with Crippen LogP contribution in [-0.4, -0.2) is 20.3 Å². The average Bonchev–Trinajstić information content (AvgIpc) is 2.67. The zero-order chi connectivity index (χ0) is 19.2. The molecular formula is C20H20N4O3. The van der Waals surface area contributed by atoms with Gasteiger partial charge in [-0.25, -0.2) is 4.68 Å². The lowest BCUT2D eigenvalue weighted by atomic mass is 10.2. The molecule has 0 aliphatic rings. The predicted molar refractivity (Wildman–Crippen MR) is 103 cm³/mol. The van der Waals surface area contributed by atoms with Crippen LogP contribution in [0, 0.1) is 0 Å². The highest BCUT2D eigenvalue weighted by atomic mass is 16.2. The van der Waals surface area contributed by atoms with E-state index in [1.807, 2.05) is 19.1 Å². The van der Waals surface area contributed by atoms with Crippen molar-refractivity contribution in [2.75, 3.05) is 5.32 Å². The second-order valence-electron chi connectivity index (χ2n) is 6.10. The number of pyridine rings is 1. The van der Waals surface area contributed by atoms with Crippen LogP contribution in [0.5, 0.6) is 0 Å². The minimum atomic E-state index is -0.383. The van der Waals surface area contributed by atoms with Gasteiger partial charge in [0, 0.05) is 30.6 Å². The van der Waals surface area contributed by atoms with Crippen LogP contribution in [0.4, 0.5) is 5.69 Å². The third-order valence-corrected chi connectivity index (χ3v) is 4.00. The normalized spacial score (nSPS) is 10.6. The Morgan fingerprint density at radius 1 is 1.00 bits per heavy atom. The van der Waals surface area contributed by atoms with E-state index in [1.54, 1.807) is 35.0 Å². The van der Waals surface area contributed by atoms with E-state index in [9.17, 15) is 14.4 Å². The molecule has 0 unspecified atom stereocenters. The Morgan fingerprint density at radius 2 is 1.78 bits per heavy atom. The zero-order valence-corrected chi connectivity index (χ0v) is 15.0. The van der Waals surface area contributed by atoms with Gasteiger partial charge in [0.1, 0.15) is 5.69 Å². The summed E-state index contributed by atoms with van der Waals surface area (Å²) in [5, 5.41) is 6.86. The first-order chi connectivity index (χ1) is 13.1. The van der Waals surface area contributed by atoms with Crippen LogP contribution in [-0.2, 0) is 13.1 Å². The molecule has 0 aliphatic heterocycles. The van der Waals surface area contributed by atoms with E-state index in [2.05, 4.69) is 10.4 Å². The molecule has 7 heteroatoms. The molecule has 0 saturated heterocycles. The highest BCUT2D eigenvalue weighted by molar-refractivity contribution is 6.02. The van der Waals surface area contributed by atoms with Gasteiger partial charge in [-0.2, -0.15) is 5.10 Å². The van der Waals surface area contributed by atoms with E-state index < -0.39 is 0 Å². The number of nitrogens with one attached hydrogen (secondary N) is 1. The zero-order valence-electron chi connectivity index (χ0n) is 15.0. The van der Waals surface area contributed by atoms with Gasteiger partial charge in [-0.15, -0.1) is 0 Å². The van der Waals surface area contributed by atoms with E-state index in [0.717, 1.165) is 12.0 Å². The molecule has 1 aromatic carbocycles. The molecule has 3 aromatic rings. The smallest absolute Gasteiger partial charge is 0.276 e. The lowest BCUT2D eigenvalue weighted by molar-refractivity contribution is 0.101. The SMILES string of the molecule is CCCn1nc(C(=O)Nc2ccc(Cn3ccccc3=O)cc2)ccc1=O. The van der Waals surface area contributed by atoms with Crippen LogP contribution in [0.3, 0.4) is 0 Å². The van der Waals surface area contributed by atoms with E-state index in [0.29, 0.717) is 18.8 Å². The molecule has 0 aliphatic carbocycles. The number of aromatic nitrogens is 3. The van der Waals surface area contributed by atoms with Crippen LogP contribution in [0.25, 0.3) is 0 Å². The van der Waals surface area contributed by atoms with Gasteiger partial charge in [0.2, 0.25) is 0 Å². The van der Waals surface area contributed by atoms with Crippen molar-refractivity contribution in [2.45, 2.75) is 26.4 Å². The number of amides is 1. The van der Waals surface area contributed by atoms with Crippen LogP contribution < -0.4 is 16.4 Å². The second kappa shape index (κ2) is 8.27. The quantitative estimate of drug-likeness (QED) is 0.726. The van der Waals surface area contributed by atoms with Crippen molar-refractivity contribution in [1.29, 1.82) is 0 Å². The summed E-state index contributed by atoms with van der Waals surface area (Å²) in [4.78, 5) is 35.8. The molecule has 0 spiro atoms. The maximum absolute atomic E-state index is 12.4. The first-order valence-electron chi connectivity index (χ1n) is 8.71. The van der Waals surface area contributed by atoms with Gasteiger partial charge in [-0.3, -0.25) is 14.4 Å². The Kier molecular flexibility index (Phi) is 5.61. The Labute approximate surface area is 155 Å². The minimum absolute atomic E-state index is 0.0665. The molecule has 0 saturated carbocycles. The van der Waals surface area contributed by atoms with Crippen LogP contribution in [0.1, 0.15) is 29.4 Å². The molecule has 2 aromatic heterocycles. The van der Waals surface area contributed by atoms with Gasteiger partial charge < -0.3 is 9.88 Å². The van der Waals surface area contributed by atoms with E-state index in [1.165, 1.54) is 22.9 Å². The van der Waals surface area contributed by atoms with Crippen molar-refractivity contribution in [2.24, 2.45) is 0 Å². The topological polar surface area (TPSA) is 86.0 Å². The standard InChI is InChI=1S/C20H20N4O3/c1-2-12-24-19(26)11-10-17(22-24)20(27)21-16-8-6-15(7-9-16)14-23-13-4-3-5-18(23)25/h3-11,13H,2,12,14H2,1H3,(H,21,27). The lowest BCUT2D eigenvalue weighted by Gasteiger charge is -2.09. The molecule has 3 rings (SSSR count). The van der Waals surface area contributed by atoms with Crippen molar-refractivity contribution in [1.82, 2.24) is 14.3 Å². The molecule has 0 radical (unpaired) electrons. The Bertz CT molecular complexity index is 1050. The Balaban J connectivity index is 1.70. The fourth-order valence-electron chi connectivity index (χ4n) is 2.62. The van der Waals surface area contributed by atoms with Gasteiger partial charge in [0.25, 0.3) is 17.0 Å². The monoisotopic (exact) mass is 364 g/mol. The number of benzene rings is 1. The van der Waals surface area contributed by atoms with Crippen molar-refractivity contribution >= 4 is 11.6 Å². The summed E-state index contributed by atoms with van der Waals surface area (Å²) in [6.07, 6.45) is 2.48. The number of nitrogens with zero attached hydrogens (tertiary/aromatic N) is 3. The van der Waals surface area contributed by atoms with Gasteiger partial charge in [-0.1, -0.05) is 25.1 Å². The highest BCUT2D eigenvalue weighted by Crippen LogP contribution is 2.11. The second-order valence-corrected chi connectivity index (χ2v) is 6.10. The van der Waals surface area contributed by atoms with Crippen molar-refractivity contribution in [3.8, 4) is 0 Å². The summed E-state index contributed by atoms with van der Waals surface area (Å²) >= 11 is 0. The lowest BCUT2D eigenvalue weighted by Crippen LogP contribution is -2.26. The summed E-state index contributed by atoms with van der Waals surface area (Å²) in [6, 6.07) is 15.0. The number of hydrogen-bond donors (Lipinski definition) is 1. The van der Waals surface area contributed by atoms with Gasteiger partial charge in [0.05, 0.1) is 6.54 Å². The molecule has 27 heavy (non-hydrogen) atoms. The maximum Gasteiger partial charge on any atom is 0.276 e. The number of anilines is 1. The summed E-state index contributed by atoms with van der Waals surface area (Å²) in [5.74, 6) is -0.383. The summed E-state index contributed by atoms with van der Waals surface area (Å²) < 4.78 is 2.89. The van der Waals surface area contributed by atoms with Gasteiger partial charge >= 0.3 is 0 Å².